The van der Waals surface area contributed by atoms with Crippen molar-refractivity contribution in [3.05, 3.63) is 12.2 Å². The van der Waals surface area contributed by atoms with Crippen molar-refractivity contribution in [2.24, 2.45) is 11.8 Å². The van der Waals surface area contributed by atoms with Gasteiger partial charge in [0.1, 0.15) is 0 Å². The summed E-state index contributed by atoms with van der Waals surface area (Å²) in [6.07, 6.45) is 10.4. The lowest BCUT2D eigenvalue weighted by Crippen LogP contribution is -2.06. The second-order valence-electron chi connectivity index (χ2n) is 4.18. The van der Waals surface area contributed by atoms with E-state index in [9.17, 15) is 4.79 Å². The molecule has 2 atom stereocenters. The molecular formula is C13H22O2. The van der Waals surface area contributed by atoms with E-state index < -0.39 is 0 Å². The predicted octanol–water partition coefficient (Wildman–Crippen LogP) is 3.32. The molecular weight excluding hydrogens is 188 g/mol. The monoisotopic (exact) mass is 210 g/mol. The number of rotatable bonds is 7. The third kappa shape index (κ3) is 4.50. The van der Waals surface area contributed by atoms with Crippen LogP contribution in [0.25, 0.3) is 0 Å². The molecule has 0 aromatic heterocycles. The Morgan fingerprint density at radius 1 is 1.40 bits per heavy atom. The molecule has 15 heavy (non-hydrogen) atoms. The van der Waals surface area contributed by atoms with Gasteiger partial charge in [0, 0.05) is 0 Å². The van der Waals surface area contributed by atoms with Gasteiger partial charge in [0.25, 0.3) is 0 Å². The first-order valence-corrected chi connectivity index (χ1v) is 6.12. The Balaban J connectivity index is 2.07. The van der Waals surface area contributed by atoms with Gasteiger partial charge in [-0.1, -0.05) is 31.9 Å². The fourth-order valence-corrected chi connectivity index (χ4v) is 1.73. The average Bonchev–Trinajstić information content (AvgIpc) is 2.97. The summed E-state index contributed by atoms with van der Waals surface area (Å²) in [6, 6.07) is 0. The normalized spacial score (nSPS) is 24.4. The van der Waals surface area contributed by atoms with Gasteiger partial charge in [-0.15, -0.1) is 0 Å². The van der Waals surface area contributed by atoms with Gasteiger partial charge in [-0.2, -0.15) is 0 Å². The van der Waals surface area contributed by atoms with E-state index in [2.05, 4.69) is 19.1 Å². The smallest absolute Gasteiger partial charge is 0.309 e. The summed E-state index contributed by atoms with van der Waals surface area (Å²) in [5.74, 6) is 0.610. The molecule has 1 fully saturated rings. The molecule has 86 valence electrons. The van der Waals surface area contributed by atoms with Crippen molar-refractivity contribution in [1.29, 1.82) is 0 Å². The van der Waals surface area contributed by atoms with Crippen LogP contribution in [0.2, 0.25) is 0 Å². The highest BCUT2D eigenvalue weighted by atomic mass is 16.5. The zero-order valence-corrected chi connectivity index (χ0v) is 9.87. The molecule has 0 aromatic rings. The number of unbranched alkanes of at least 4 members (excludes halogenated alkanes) is 3. The van der Waals surface area contributed by atoms with E-state index >= 15 is 0 Å². The Hall–Kier alpha value is -0.790. The van der Waals surface area contributed by atoms with Crippen LogP contribution in [0.1, 0.15) is 46.0 Å². The number of carbonyl (C=O) groups excluding carboxylic acids is 1. The molecule has 1 rings (SSSR count). The van der Waals surface area contributed by atoms with E-state index in [1.54, 1.807) is 0 Å². The predicted molar refractivity (Wildman–Crippen MR) is 61.5 cm³/mol. The molecule has 1 aliphatic rings. The van der Waals surface area contributed by atoms with Crippen LogP contribution in [0.5, 0.6) is 0 Å². The summed E-state index contributed by atoms with van der Waals surface area (Å²) in [7, 11) is 0. The minimum Gasteiger partial charge on any atom is -0.466 e. The van der Waals surface area contributed by atoms with Gasteiger partial charge in [-0.3, -0.25) is 4.79 Å². The third-order valence-corrected chi connectivity index (χ3v) is 2.79. The largest absolute Gasteiger partial charge is 0.466 e. The van der Waals surface area contributed by atoms with Crippen LogP contribution < -0.4 is 0 Å². The summed E-state index contributed by atoms with van der Waals surface area (Å²) in [6.45, 7) is 4.57. The molecule has 0 aromatic carbocycles. The maximum absolute atomic E-state index is 11.3. The molecule has 0 N–H and O–H groups in total. The molecule has 0 radical (unpaired) electrons. The van der Waals surface area contributed by atoms with Crippen LogP contribution in [0, 0.1) is 11.8 Å². The summed E-state index contributed by atoms with van der Waals surface area (Å²) < 4.78 is 4.97. The standard InChI is InChI=1S/C13H22O2/c1-3-5-6-7-8-9-11-10-12(11)13(14)15-4-2/h8-9,11-12H,3-7,10H2,1-2H3/b9-8-. The first-order chi connectivity index (χ1) is 7.29. The number of hydrogen-bond acceptors (Lipinski definition) is 2. The van der Waals surface area contributed by atoms with Crippen molar-refractivity contribution < 1.29 is 9.53 Å². The lowest BCUT2D eigenvalue weighted by Gasteiger charge is -1.97. The summed E-state index contributed by atoms with van der Waals surface area (Å²) in [5.41, 5.74) is 0. The van der Waals surface area contributed by atoms with Crippen molar-refractivity contribution in [1.82, 2.24) is 0 Å². The van der Waals surface area contributed by atoms with Crippen LogP contribution in [0.15, 0.2) is 12.2 Å². The molecule has 0 heterocycles. The van der Waals surface area contributed by atoms with Crippen LogP contribution in [-0.2, 0) is 9.53 Å². The molecule has 1 aliphatic carbocycles. The van der Waals surface area contributed by atoms with Gasteiger partial charge in [0.05, 0.1) is 12.5 Å². The van der Waals surface area contributed by atoms with Crippen LogP contribution in [-0.4, -0.2) is 12.6 Å². The molecule has 2 heteroatoms. The van der Waals surface area contributed by atoms with Crippen molar-refractivity contribution in [3.63, 3.8) is 0 Å². The Morgan fingerprint density at radius 2 is 2.20 bits per heavy atom. The van der Waals surface area contributed by atoms with E-state index in [1.165, 1.54) is 19.3 Å². The molecule has 0 amide bonds. The number of carbonyl (C=O) groups is 1. The number of allylic oxidation sites excluding steroid dienone is 2. The maximum atomic E-state index is 11.3. The fourth-order valence-electron chi connectivity index (χ4n) is 1.73. The zero-order valence-electron chi connectivity index (χ0n) is 9.87. The Morgan fingerprint density at radius 3 is 2.87 bits per heavy atom. The van der Waals surface area contributed by atoms with Crippen LogP contribution in [0.4, 0.5) is 0 Å². The molecule has 0 aliphatic heterocycles. The van der Waals surface area contributed by atoms with Crippen molar-refractivity contribution in [2.75, 3.05) is 6.61 Å². The highest BCUT2D eigenvalue weighted by molar-refractivity contribution is 5.76. The van der Waals surface area contributed by atoms with Gasteiger partial charge >= 0.3 is 5.97 Å². The molecule has 1 saturated carbocycles. The first-order valence-electron chi connectivity index (χ1n) is 6.12. The number of esters is 1. The van der Waals surface area contributed by atoms with E-state index in [0.717, 1.165) is 12.8 Å². The van der Waals surface area contributed by atoms with E-state index in [0.29, 0.717) is 12.5 Å². The lowest BCUT2D eigenvalue weighted by atomic mass is 10.2. The van der Waals surface area contributed by atoms with E-state index in [-0.39, 0.29) is 11.9 Å². The van der Waals surface area contributed by atoms with Gasteiger partial charge < -0.3 is 4.74 Å². The molecule has 2 nitrogen and oxygen atoms in total. The second-order valence-corrected chi connectivity index (χ2v) is 4.18. The van der Waals surface area contributed by atoms with Crippen LogP contribution >= 0.6 is 0 Å². The van der Waals surface area contributed by atoms with Gasteiger partial charge in [0.2, 0.25) is 0 Å². The van der Waals surface area contributed by atoms with E-state index in [4.69, 9.17) is 4.74 Å². The maximum Gasteiger partial charge on any atom is 0.309 e. The van der Waals surface area contributed by atoms with Gasteiger partial charge in [-0.25, -0.2) is 0 Å². The summed E-state index contributed by atoms with van der Waals surface area (Å²) >= 11 is 0. The van der Waals surface area contributed by atoms with Gasteiger partial charge in [0.15, 0.2) is 0 Å². The Labute approximate surface area is 92.7 Å². The minimum absolute atomic E-state index is 0.0132. The highest BCUT2D eigenvalue weighted by Gasteiger charge is 2.42. The molecule has 2 unspecified atom stereocenters. The number of hydrogen-bond donors (Lipinski definition) is 0. The molecule has 0 bridgehead atoms. The van der Waals surface area contributed by atoms with Crippen molar-refractivity contribution in [2.45, 2.75) is 46.0 Å². The highest BCUT2D eigenvalue weighted by Crippen LogP contribution is 2.40. The summed E-state index contributed by atoms with van der Waals surface area (Å²) in [4.78, 5) is 11.3. The van der Waals surface area contributed by atoms with Crippen molar-refractivity contribution in [3.8, 4) is 0 Å². The van der Waals surface area contributed by atoms with Crippen LogP contribution in [0.3, 0.4) is 0 Å². The van der Waals surface area contributed by atoms with Crippen molar-refractivity contribution >= 4 is 5.97 Å². The Bertz CT molecular complexity index is 221. The first kappa shape index (κ1) is 12.3. The zero-order chi connectivity index (χ0) is 11.1. The minimum atomic E-state index is -0.0132. The average molecular weight is 210 g/mol. The second kappa shape index (κ2) is 6.65. The number of ether oxygens (including phenoxy) is 1. The van der Waals surface area contributed by atoms with Gasteiger partial charge in [-0.05, 0) is 32.1 Å². The topological polar surface area (TPSA) is 26.3 Å². The summed E-state index contributed by atoms with van der Waals surface area (Å²) in [5, 5.41) is 0. The van der Waals surface area contributed by atoms with E-state index in [1.807, 2.05) is 6.92 Å². The Kier molecular flexibility index (Phi) is 5.44. The lowest BCUT2D eigenvalue weighted by molar-refractivity contribution is -0.144. The SMILES string of the molecule is CCCCC/C=C\C1CC1C(=O)OCC. The fraction of sp³-hybridized carbons (Fsp3) is 0.769. The quantitative estimate of drug-likeness (QED) is 0.366. The third-order valence-electron chi connectivity index (χ3n) is 2.79. The molecule has 0 spiro atoms. The molecule has 0 saturated heterocycles.